The molecule has 2 saturated heterocycles. The van der Waals surface area contributed by atoms with E-state index in [4.69, 9.17) is 0 Å². The van der Waals surface area contributed by atoms with Crippen molar-refractivity contribution in [2.24, 2.45) is 5.92 Å². The van der Waals surface area contributed by atoms with Crippen molar-refractivity contribution in [2.45, 2.75) is 24.1 Å². The Bertz CT molecular complexity index is 578. The molecule has 2 N–H and O–H groups in total. The molecule has 3 heterocycles. The van der Waals surface area contributed by atoms with E-state index in [2.05, 4.69) is 20.7 Å². The van der Waals surface area contributed by atoms with E-state index in [1.165, 1.54) is 6.26 Å². The molecule has 2 aliphatic rings. The summed E-state index contributed by atoms with van der Waals surface area (Å²) in [5, 5.41) is -0.333. The van der Waals surface area contributed by atoms with Crippen molar-refractivity contribution in [2.75, 3.05) is 30.8 Å². The molecule has 0 amide bonds. The normalized spacial score (nSPS) is 30.5. The molecule has 3 unspecified atom stereocenters. The average molecular weight is 310 g/mol. The van der Waals surface area contributed by atoms with Crippen LogP contribution in [0, 0.1) is 5.92 Å². The number of anilines is 1. The predicted octanol–water partition coefficient (Wildman–Crippen LogP) is 0.188. The van der Waals surface area contributed by atoms with Crippen LogP contribution >= 0.6 is 0 Å². The molecule has 3 rings (SSSR count). The number of aromatic nitrogens is 1. The monoisotopic (exact) mass is 310 g/mol. The van der Waals surface area contributed by atoms with Crippen LogP contribution in [0.15, 0.2) is 24.5 Å². The molecular weight excluding hydrogens is 288 g/mol. The van der Waals surface area contributed by atoms with E-state index >= 15 is 0 Å². The molecule has 0 saturated carbocycles. The highest BCUT2D eigenvalue weighted by Crippen LogP contribution is 2.28. The Kier molecular flexibility index (Phi) is 4.14. The van der Waals surface area contributed by atoms with Gasteiger partial charge in [0.25, 0.3) is 0 Å². The minimum Gasteiger partial charge on any atom is -0.371 e. The summed E-state index contributed by atoms with van der Waals surface area (Å²) in [6, 6.07) is 4.01. The lowest BCUT2D eigenvalue weighted by Crippen LogP contribution is -2.49. The summed E-state index contributed by atoms with van der Waals surface area (Å²) >= 11 is 0. The van der Waals surface area contributed by atoms with Crippen molar-refractivity contribution in [1.82, 2.24) is 15.8 Å². The van der Waals surface area contributed by atoms with Crippen LogP contribution in [-0.2, 0) is 9.84 Å². The third-order valence-electron chi connectivity index (χ3n) is 4.52. The molecule has 1 aromatic heterocycles. The highest BCUT2D eigenvalue weighted by atomic mass is 32.2. The van der Waals surface area contributed by atoms with Crippen molar-refractivity contribution < 1.29 is 8.42 Å². The number of hydrogen-bond acceptors (Lipinski definition) is 6. The first-order chi connectivity index (χ1) is 10.1. The van der Waals surface area contributed by atoms with Gasteiger partial charge in [0.2, 0.25) is 0 Å². The van der Waals surface area contributed by atoms with Gasteiger partial charge in [0.1, 0.15) is 0 Å². The number of nitrogens with one attached hydrogen (secondary N) is 2. The molecule has 7 heteroatoms. The summed E-state index contributed by atoms with van der Waals surface area (Å²) in [4.78, 5) is 6.38. The van der Waals surface area contributed by atoms with E-state index < -0.39 is 9.84 Å². The van der Waals surface area contributed by atoms with Crippen LogP contribution in [0.4, 0.5) is 5.69 Å². The highest BCUT2D eigenvalue weighted by Gasteiger charge is 2.40. The predicted molar refractivity (Wildman–Crippen MR) is 82.7 cm³/mol. The Balaban J connectivity index is 1.74. The van der Waals surface area contributed by atoms with Crippen LogP contribution in [-0.4, -0.2) is 50.6 Å². The molecule has 0 aliphatic carbocycles. The molecule has 0 bridgehead atoms. The second kappa shape index (κ2) is 5.90. The molecule has 1 aromatic rings. The first-order valence-corrected chi connectivity index (χ1v) is 9.33. The van der Waals surface area contributed by atoms with Gasteiger partial charge >= 0.3 is 0 Å². The standard InChI is InChI=1S/C14H22N4O2S/c1-21(19,20)13-9-16-17-14(13)11-3-2-8-18(10-11)12-4-6-15-7-5-12/h4-7,11,13-14,16-17H,2-3,8-10H2,1H3. The molecule has 2 fully saturated rings. The highest BCUT2D eigenvalue weighted by molar-refractivity contribution is 7.91. The summed E-state index contributed by atoms with van der Waals surface area (Å²) in [6.45, 7) is 2.40. The van der Waals surface area contributed by atoms with Gasteiger partial charge < -0.3 is 4.90 Å². The summed E-state index contributed by atoms with van der Waals surface area (Å²) in [5.74, 6) is 0.335. The van der Waals surface area contributed by atoms with E-state index in [0.29, 0.717) is 12.5 Å². The van der Waals surface area contributed by atoms with E-state index in [1.54, 1.807) is 12.4 Å². The molecular formula is C14H22N4O2S. The first-order valence-electron chi connectivity index (χ1n) is 7.38. The lowest BCUT2D eigenvalue weighted by atomic mass is 9.89. The van der Waals surface area contributed by atoms with E-state index in [0.717, 1.165) is 31.6 Å². The Morgan fingerprint density at radius 1 is 1.33 bits per heavy atom. The van der Waals surface area contributed by atoms with Crippen LogP contribution in [0.1, 0.15) is 12.8 Å². The number of piperidine rings is 1. The third kappa shape index (κ3) is 3.20. The Morgan fingerprint density at radius 2 is 2.10 bits per heavy atom. The number of hydrazine groups is 1. The Hall–Kier alpha value is -1.18. The smallest absolute Gasteiger partial charge is 0.153 e. The number of hydrogen-bond donors (Lipinski definition) is 2. The van der Waals surface area contributed by atoms with E-state index in [1.807, 2.05) is 12.1 Å². The Labute approximate surface area is 125 Å². The van der Waals surface area contributed by atoms with E-state index in [9.17, 15) is 8.42 Å². The van der Waals surface area contributed by atoms with Gasteiger partial charge in [-0.1, -0.05) is 0 Å². The van der Waals surface area contributed by atoms with Gasteiger partial charge in [0, 0.05) is 50.0 Å². The quantitative estimate of drug-likeness (QED) is 0.830. The second-order valence-electron chi connectivity index (χ2n) is 5.97. The van der Waals surface area contributed by atoms with Crippen LogP contribution in [0.25, 0.3) is 0 Å². The van der Waals surface area contributed by atoms with Crippen molar-refractivity contribution >= 4 is 15.5 Å². The molecule has 0 aromatic carbocycles. The average Bonchev–Trinajstić information content (AvgIpc) is 2.98. The fourth-order valence-electron chi connectivity index (χ4n) is 3.43. The number of sulfone groups is 1. The summed E-state index contributed by atoms with van der Waals surface area (Å²) in [7, 11) is -3.04. The van der Waals surface area contributed by atoms with Crippen molar-refractivity contribution in [3.8, 4) is 0 Å². The fourth-order valence-corrected chi connectivity index (χ4v) is 4.64. The lowest BCUT2D eigenvalue weighted by Gasteiger charge is -2.38. The topological polar surface area (TPSA) is 74.3 Å². The lowest BCUT2D eigenvalue weighted by molar-refractivity contribution is 0.320. The van der Waals surface area contributed by atoms with Crippen LogP contribution in [0.2, 0.25) is 0 Å². The molecule has 6 nitrogen and oxygen atoms in total. The van der Waals surface area contributed by atoms with Crippen LogP contribution in [0.5, 0.6) is 0 Å². The van der Waals surface area contributed by atoms with Crippen molar-refractivity contribution in [3.63, 3.8) is 0 Å². The molecule has 0 radical (unpaired) electrons. The second-order valence-corrected chi connectivity index (χ2v) is 8.24. The van der Waals surface area contributed by atoms with Gasteiger partial charge in [-0.25, -0.2) is 8.42 Å². The fraction of sp³-hybridized carbons (Fsp3) is 0.643. The largest absolute Gasteiger partial charge is 0.371 e. The zero-order valence-corrected chi connectivity index (χ0v) is 13.0. The molecule has 21 heavy (non-hydrogen) atoms. The van der Waals surface area contributed by atoms with Crippen LogP contribution < -0.4 is 15.8 Å². The van der Waals surface area contributed by atoms with Crippen LogP contribution in [0.3, 0.4) is 0 Å². The third-order valence-corrected chi connectivity index (χ3v) is 6.08. The molecule has 2 aliphatic heterocycles. The van der Waals surface area contributed by atoms with E-state index in [-0.39, 0.29) is 11.3 Å². The first kappa shape index (κ1) is 14.7. The van der Waals surface area contributed by atoms with Gasteiger partial charge in [-0.2, -0.15) is 0 Å². The minimum absolute atomic E-state index is 0.00960. The zero-order chi connectivity index (χ0) is 14.9. The zero-order valence-electron chi connectivity index (χ0n) is 12.2. The molecule has 3 atom stereocenters. The van der Waals surface area contributed by atoms with Gasteiger partial charge in [-0.05, 0) is 30.9 Å². The van der Waals surface area contributed by atoms with Crippen molar-refractivity contribution in [1.29, 1.82) is 0 Å². The Morgan fingerprint density at radius 3 is 2.81 bits per heavy atom. The van der Waals surface area contributed by atoms with Gasteiger partial charge in [0.15, 0.2) is 9.84 Å². The summed E-state index contributed by atoms with van der Waals surface area (Å²) in [6.07, 6.45) is 7.08. The minimum atomic E-state index is -3.04. The van der Waals surface area contributed by atoms with Gasteiger partial charge in [0.05, 0.1) is 5.25 Å². The number of pyridine rings is 1. The molecule has 116 valence electrons. The SMILES string of the molecule is CS(=O)(=O)C1CNNC1C1CCCN(c2ccncc2)C1. The number of rotatable bonds is 3. The van der Waals surface area contributed by atoms with Crippen molar-refractivity contribution in [3.05, 3.63) is 24.5 Å². The summed E-state index contributed by atoms with van der Waals surface area (Å²) in [5.41, 5.74) is 7.37. The van der Waals surface area contributed by atoms with Gasteiger partial charge in [-0.3, -0.25) is 15.8 Å². The maximum absolute atomic E-state index is 11.9. The number of nitrogens with zero attached hydrogens (tertiary/aromatic N) is 2. The maximum atomic E-state index is 11.9. The summed E-state index contributed by atoms with van der Waals surface area (Å²) < 4.78 is 23.9. The van der Waals surface area contributed by atoms with Gasteiger partial charge in [-0.15, -0.1) is 0 Å². The maximum Gasteiger partial charge on any atom is 0.153 e. The molecule has 0 spiro atoms.